The quantitative estimate of drug-likeness (QED) is 0.190. The van der Waals surface area contributed by atoms with Gasteiger partial charge in [0.05, 0.1) is 6.61 Å². The summed E-state index contributed by atoms with van der Waals surface area (Å²) >= 11 is 0. The highest BCUT2D eigenvalue weighted by molar-refractivity contribution is 5.81. The predicted octanol–water partition coefficient (Wildman–Crippen LogP) is 6.69. The summed E-state index contributed by atoms with van der Waals surface area (Å²) in [5, 5.41) is 0. The van der Waals surface area contributed by atoms with Gasteiger partial charge in [-0.2, -0.15) is 0 Å². The van der Waals surface area contributed by atoms with Gasteiger partial charge in [0.2, 0.25) is 0 Å². The molecule has 0 aromatic heterocycles. The van der Waals surface area contributed by atoms with Gasteiger partial charge in [-0.05, 0) is 37.5 Å². The highest BCUT2D eigenvalue weighted by atomic mass is 16.5. The van der Waals surface area contributed by atoms with E-state index in [0.717, 1.165) is 25.2 Å². The topological polar surface area (TPSA) is 26.3 Å². The van der Waals surface area contributed by atoms with E-state index in [0.29, 0.717) is 12.5 Å². The molecule has 1 atom stereocenters. The summed E-state index contributed by atoms with van der Waals surface area (Å²) in [4.78, 5) is 11.8. The first-order valence-electron chi connectivity index (χ1n) is 9.93. The molecule has 0 aromatic carbocycles. The standard InChI is InChI=1S/C21H40O2/c1-5-7-8-9-10-11-12-13-15-21(22)23-18-20(14-6-2)17-16-19(3)4/h13,15,19-20H,5-12,14,16-18H2,1-4H3. The van der Waals surface area contributed by atoms with Gasteiger partial charge in [0.1, 0.15) is 0 Å². The minimum Gasteiger partial charge on any atom is -0.462 e. The fraction of sp³-hybridized carbons (Fsp3) is 0.857. The molecule has 0 rings (SSSR count). The summed E-state index contributed by atoms with van der Waals surface area (Å²) in [5.74, 6) is 1.09. The van der Waals surface area contributed by atoms with Crippen molar-refractivity contribution in [2.75, 3.05) is 6.61 Å². The number of esters is 1. The van der Waals surface area contributed by atoms with Crippen molar-refractivity contribution in [1.82, 2.24) is 0 Å². The summed E-state index contributed by atoms with van der Waals surface area (Å²) in [7, 11) is 0. The Morgan fingerprint density at radius 3 is 2.26 bits per heavy atom. The molecule has 0 amide bonds. The van der Waals surface area contributed by atoms with Gasteiger partial charge in [0, 0.05) is 6.08 Å². The zero-order valence-electron chi connectivity index (χ0n) is 16.1. The molecule has 0 N–H and O–H groups in total. The highest BCUT2D eigenvalue weighted by Gasteiger charge is 2.11. The van der Waals surface area contributed by atoms with Crippen molar-refractivity contribution < 1.29 is 9.53 Å². The zero-order chi connectivity index (χ0) is 17.3. The van der Waals surface area contributed by atoms with Crippen LogP contribution in [0.15, 0.2) is 12.2 Å². The molecular weight excluding hydrogens is 284 g/mol. The molecule has 1 unspecified atom stereocenters. The first-order chi connectivity index (χ1) is 11.1. The maximum absolute atomic E-state index is 11.8. The molecule has 0 saturated carbocycles. The number of carbonyl (C=O) groups is 1. The number of allylic oxidation sites excluding steroid dienone is 1. The number of hydrogen-bond donors (Lipinski definition) is 0. The van der Waals surface area contributed by atoms with Crippen molar-refractivity contribution in [2.45, 2.75) is 98.3 Å². The third-order valence-corrected chi connectivity index (χ3v) is 4.29. The Labute approximate surface area is 145 Å². The van der Waals surface area contributed by atoms with Gasteiger partial charge in [0.15, 0.2) is 0 Å². The summed E-state index contributed by atoms with van der Waals surface area (Å²) in [6, 6.07) is 0. The Balaban J connectivity index is 3.74. The average Bonchev–Trinajstić information content (AvgIpc) is 2.52. The third-order valence-electron chi connectivity index (χ3n) is 4.29. The van der Waals surface area contributed by atoms with Gasteiger partial charge in [-0.25, -0.2) is 4.79 Å². The average molecular weight is 325 g/mol. The molecule has 0 spiro atoms. The van der Waals surface area contributed by atoms with E-state index in [1.807, 2.05) is 6.08 Å². The van der Waals surface area contributed by atoms with Crippen LogP contribution >= 0.6 is 0 Å². The molecule has 0 heterocycles. The normalized spacial score (nSPS) is 12.9. The van der Waals surface area contributed by atoms with Crippen molar-refractivity contribution in [3.8, 4) is 0 Å². The van der Waals surface area contributed by atoms with E-state index >= 15 is 0 Å². The first-order valence-corrected chi connectivity index (χ1v) is 9.93. The van der Waals surface area contributed by atoms with E-state index in [4.69, 9.17) is 4.74 Å². The number of carbonyl (C=O) groups excluding carboxylic acids is 1. The Kier molecular flexibility index (Phi) is 15.5. The molecule has 0 saturated heterocycles. The number of hydrogen-bond acceptors (Lipinski definition) is 2. The van der Waals surface area contributed by atoms with Crippen molar-refractivity contribution >= 4 is 5.97 Å². The fourth-order valence-corrected chi connectivity index (χ4v) is 2.76. The van der Waals surface area contributed by atoms with Crippen LogP contribution in [0.25, 0.3) is 0 Å². The third kappa shape index (κ3) is 15.9. The van der Waals surface area contributed by atoms with E-state index in [-0.39, 0.29) is 5.97 Å². The second kappa shape index (κ2) is 16.1. The van der Waals surface area contributed by atoms with E-state index in [9.17, 15) is 4.79 Å². The SMILES string of the molecule is CCCCCCCCC=CC(=O)OCC(CCC)CCC(C)C. The Morgan fingerprint density at radius 1 is 0.913 bits per heavy atom. The van der Waals surface area contributed by atoms with E-state index < -0.39 is 0 Å². The van der Waals surface area contributed by atoms with E-state index in [1.165, 1.54) is 51.4 Å². The summed E-state index contributed by atoms with van der Waals surface area (Å²) in [6.45, 7) is 9.52. The first kappa shape index (κ1) is 22.2. The van der Waals surface area contributed by atoms with Gasteiger partial charge in [-0.15, -0.1) is 0 Å². The maximum atomic E-state index is 11.8. The summed E-state index contributed by atoms with van der Waals surface area (Å²) in [5.41, 5.74) is 0. The lowest BCUT2D eigenvalue weighted by molar-refractivity contribution is -0.139. The lowest BCUT2D eigenvalue weighted by Crippen LogP contribution is -2.13. The summed E-state index contributed by atoms with van der Waals surface area (Å²) in [6.07, 6.45) is 17.0. The predicted molar refractivity (Wildman–Crippen MR) is 101 cm³/mol. The van der Waals surface area contributed by atoms with Gasteiger partial charge in [-0.1, -0.05) is 78.7 Å². The molecule has 23 heavy (non-hydrogen) atoms. The van der Waals surface area contributed by atoms with Crippen molar-refractivity contribution in [3.63, 3.8) is 0 Å². The maximum Gasteiger partial charge on any atom is 0.330 e. The molecule has 0 bridgehead atoms. The number of unbranched alkanes of at least 4 members (excludes halogenated alkanes) is 6. The van der Waals surface area contributed by atoms with Crippen molar-refractivity contribution in [3.05, 3.63) is 12.2 Å². The van der Waals surface area contributed by atoms with Crippen LogP contribution in [0.3, 0.4) is 0 Å². The number of ether oxygens (including phenoxy) is 1. The molecular formula is C21H40O2. The molecule has 0 fully saturated rings. The second-order valence-electron chi connectivity index (χ2n) is 7.21. The smallest absolute Gasteiger partial charge is 0.330 e. The van der Waals surface area contributed by atoms with Crippen LogP contribution in [0.2, 0.25) is 0 Å². The molecule has 0 aliphatic rings. The number of rotatable bonds is 15. The zero-order valence-corrected chi connectivity index (χ0v) is 16.1. The van der Waals surface area contributed by atoms with Crippen LogP contribution < -0.4 is 0 Å². The van der Waals surface area contributed by atoms with E-state index in [1.54, 1.807) is 6.08 Å². The molecule has 0 radical (unpaired) electrons. The van der Waals surface area contributed by atoms with Crippen LogP contribution in [-0.4, -0.2) is 12.6 Å². The van der Waals surface area contributed by atoms with Crippen molar-refractivity contribution in [2.24, 2.45) is 11.8 Å². The second-order valence-corrected chi connectivity index (χ2v) is 7.21. The Bertz CT molecular complexity index is 294. The lowest BCUT2D eigenvalue weighted by Gasteiger charge is -2.16. The van der Waals surface area contributed by atoms with Crippen molar-refractivity contribution in [1.29, 1.82) is 0 Å². The lowest BCUT2D eigenvalue weighted by atomic mass is 9.95. The van der Waals surface area contributed by atoms with E-state index in [2.05, 4.69) is 27.7 Å². The van der Waals surface area contributed by atoms with Crippen LogP contribution in [0.5, 0.6) is 0 Å². The highest BCUT2D eigenvalue weighted by Crippen LogP contribution is 2.17. The molecule has 136 valence electrons. The minimum atomic E-state index is -0.165. The monoisotopic (exact) mass is 324 g/mol. The Hall–Kier alpha value is -0.790. The fourth-order valence-electron chi connectivity index (χ4n) is 2.76. The minimum absolute atomic E-state index is 0.165. The van der Waals surface area contributed by atoms with Crippen LogP contribution in [0, 0.1) is 11.8 Å². The molecule has 0 aromatic rings. The van der Waals surface area contributed by atoms with Crippen LogP contribution in [0.1, 0.15) is 98.3 Å². The van der Waals surface area contributed by atoms with Crippen LogP contribution in [-0.2, 0) is 9.53 Å². The summed E-state index contributed by atoms with van der Waals surface area (Å²) < 4.78 is 5.42. The van der Waals surface area contributed by atoms with Gasteiger partial charge < -0.3 is 4.74 Å². The van der Waals surface area contributed by atoms with Gasteiger partial charge in [-0.3, -0.25) is 0 Å². The van der Waals surface area contributed by atoms with Gasteiger partial charge in [0.25, 0.3) is 0 Å². The molecule has 0 aliphatic heterocycles. The molecule has 2 nitrogen and oxygen atoms in total. The van der Waals surface area contributed by atoms with Gasteiger partial charge >= 0.3 is 5.97 Å². The molecule has 0 aliphatic carbocycles. The molecule has 2 heteroatoms. The Morgan fingerprint density at radius 2 is 1.61 bits per heavy atom. The van der Waals surface area contributed by atoms with Crippen LogP contribution in [0.4, 0.5) is 0 Å². The largest absolute Gasteiger partial charge is 0.462 e.